The summed E-state index contributed by atoms with van der Waals surface area (Å²) < 4.78 is -0.0587. The summed E-state index contributed by atoms with van der Waals surface area (Å²) in [5, 5.41) is 3.39. The lowest BCUT2D eigenvalue weighted by Crippen LogP contribution is -2.51. The standard InChI is InChI=1S/C18H25N3OS.2ClH/c1-13-11-20-15-5-2-3-6-18(15)16(13)14(12-23-18)17(22)21-9-4-7-19-8-10-21;;/h2-3,5-6,13-14,16,19H,4,7-12H2,1H3;2*1H. The lowest BCUT2D eigenvalue weighted by molar-refractivity contribution is -0.136. The first-order valence-electron chi connectivity index (χ1n) is 8.77. The molecule has 2 saturated heterocycles. The highest BCUT2D eigenvalue weighted by Crippen LogP contribution is 2.54. The molecule has 0 aromatic heterocycles. The second-order valence-corrected chi connectivity index (χ2v) is 8.38. The van der Waals surface area contributed by atoms with Crippen LogP contribution in [0.15, 0.2) is 29.3 Å². The SMILES string of the molecule is CC1CN=C2C=CC=CC23SCC(C(=O)N2CCCNCC2)C13.Cl.Cl. The molecule has 25 heavy (non-hydrogen) atoms. The van der Waals surface area contributed by atoms with E-state index in [-0.39, 0.29) is 35.5 Å². The average Bonchev–Trinajstić information content (AvgIpc) is 2.77. The molecule has 140 valence electrons. The zero-order valence-corrected chi connectivity index (χ0v) is 17.0. The number of carbonyl (C=O) groups is 1. The van der Waals surface area contributed by atoms with Gasteiger partial charge in [0.25, 0.3) is 0 Å². The van der Waals surface area contributed by atoms with Crippen molar-refractivity contribution in [3.05, 3.63) is 24.3 Å². The molecule has 0 aromatic carbocycles. The minimum absolute atomic E-state index is 0. The van der Waals surface area contributed by atoms with Crippen molar-refractivity contribution in [3.63, 3.8) is 0 Å². The number of halogens is 2. The minimum atomic E-state index is -0.0587. The molecule has 0 saturated carbocycles. The van der Waals surface area contributed by atoms with E-state index in [9.17, 15) is 4.79 Å². The van der Waals surface area contributed by atoms with Crippen LogP contribution in [0, 0.1) is 17.8 Å². The molecule has 4 atom stereocenters. The van der Waals surface area contributed by atoms with Crippen molar-refractivity contribution in [1.29, 1.82) is 0 Å². The maximum absolute atomic E-state index is 13.2. The van der Waals surface area contributed by atoms with Gasteiger partial charge in [0.2, 0.25) is 5.91 Å². The molecule has 4 rings (SSSR count). The highest BCUT2D eigenvalue weighted by Gasteiger charge is 2.56. The number of amides is 1. The predicted molar refractivity (Wildman–Crippen MR) is 110 cm³/mol. The Morgan fingerprint density at radius 2 is 2.16 bits per heavy atom. The van der Waals surface area contributed by atoms with Gasteiger partial charge in [-0.1, -0.05) is 25.2 Å². The fraction of sp³-hybridized carbons (Fsp3) is 0.667. The molecule has 1 spiro atoms. The highest BCUT2D eigenvalue weighted by atomic mass is 35.5. The van der Waals surface area contributed by atoms with Crippen molar-refractivity contribution < 1.29 is 4.79 Å². The van der Waals surface area contributed by atoms with E-state index >= 15 is 0 Å². The molecule has 4 unspecified atom stereocenters. The molecule has 4 aliphatic rings. The first kappa shape index (κ1) is 20.8. The Hall–Kier alpha value is -0.490. The van der Waals surface area contributed by atoms with E-state index in [0.29, 0.717) is 17.7 Å². The largest absolute Gasteiger partial charge is 0.341 e. The monoisotopic (exact) mass is 403 g/mol. The van der Waals surface area contributed by atoms with E-state index in [1.165, 1.54) is 5.71 Å². The van der Waals surface area contributed by atoms with Gasteiger partial charge >= 0.3 is 0 Å². The number of hydrogen-bond donors (Lipinski definition) is 1. The van der Waals surface area contributed by atoms with Gasteiger partial charge in [0.1, 0.15) is 0 Å². The summed E-state index contributed by atoms with van der Waals surface area (Å²) in [6.45, 7) is 6.83. The summed E-state index contributed by atoms with van der Waals surface area (Å²) in [7, 11) is 0. The molecule has 7 heteroatoms. The van der Waals surface area contributed by atoms with Crippen molar-refractivity contribution in [3.8, 4) is 0 Å². The maximum Gasteiger partial charge on any atom is 0.226 e. The Balaban J connectivity index is 0.00000113. The molecule has 0 radical (unpaired) electrons. The number of allylic oxidation sites excluding steroid dienone is 3. The molecule has 1 aliphatic carbocycles. The second-order valence-electron chi connectivity index (χ2n) is 7.09. The van der Waals surface area contributed by atoms with Crippen LogP contribution in [0.3, 0.4) is 0 Å². The van der Waals surface area contributed by atoms with Gasteiger partial charge < -0.3 is 10.2 Å². The average molecular weight is 404 g/mol. The normalized spacial score (nSPS) is 36.3. The van der Waals surface area contributed by atoms with E-state index in [4.69, 9.17) is 4.99 Å². The van der Waals surface area contributed by atoms with Gasteiger partial charge in [-0.05, 0) is 30.9 Å². The van der Waals surface area contributed by atoms with Gasteiger partial charge in [0.05, 0.1) is 16.4 Å². The topological polar surface area (TPSA) is 44.7 Å². The van der Waals surface area contributed by atoms with E-state index < -0.39 is 0 Å². The number of carbonyl (C=O) groups excluding carboxylic acids is 1. The van der Waals surface area contributed by atoms with Crippen LogP contribution in [0.4, 0.5) is 0 Å². The van der Waals surface area contributed by atoms with Gasteiger partial charge in [-0.25, -0.2) is 0 Å². The van der Waals surface area contributed by atoms with Gasteiger partial charge in [0, 0.05) is 31.9 Å². The van der Waals surface area contributed by atoms with Gasteiger partial charge in [-0.2, -0.15) is 0 Å². The fourth-order valence-corrected chi connectivity index (χ4v) is 6.42. The Morgan fingerprint density at radius 3 is 3.00 bits per heavy atom. The number of nitrogens with one attached hydrogen (secondary N) is 1. The Bertz CT molecular complexity index is 587. The first-order chi connectivity index (χ1) is 11.2. The molecule has 4 nitrogen and oxygen atoms in total. The minimum Gasteiger partial charge on any atom is -0.341 e. The molecular weight excluding hydrogens is 377 g/mol. The lowest BCUT2D eigenvalue weighted by atomic mass is 9.69. The van der Waals surface area contributed by atoms with Crippen LogP contribution < -0.4 is 5.32 Å². The van der Waals surface area contributed by atoms with Crippen LogP contribution in [0.25, 0.3) is 0 Å². The van der Waals surface area contributed by atoms with Crippen LogP contribution in [0.5, 0.6) is 0 Å². The zero-order chi connectivity index (χ0) is 15.9. The van der Waals surface area contributed by atoms with Crippen molar-refractivity contribution in [2.24, 2.45) is 22.7 Å². The molecule has 0 aromatic rings. The fourth-order valence-electron chi connectivity index (χ4n) is 4.57. The summed E-state index contributed by atoms with van der Waals surface area (Å²) in [6.07, 6.45) is 9.72. The molecule has 1 amide bonds. The number of rotatable bonds is 1. The third kappa shape index (κ3) is 3.53. The van der Waals surface area contributed by atoms with E-state index in [1.54, 1.807) is 0 Å². The van der Waals surface area contributed by atoms with Gasteiger partial charge in [0.15, 0.2) is 0 Å². The molecule has 0 bridgehead atoms. The van der Waals surface area contributed by atoms with E-state index in [2.05, 4.69) is 41.4 Å². The quantitative estimate of drug-likeness (QED) is 0.731. The second kappa shape index (κ2) is 8.47. The van der Waals surface area contributed by atoms with Crippen LogP contribution >= 0.6 is 36.6 Å². The number of thioether (sulfide) groups is 1. The summed E-state index contributed by atoms with van der Waals surface area (Å²) in [6, 6.07) is 0. The van der Waals surface area contributed by atoms with Crippen molar-refractivity contribution >= 4 is 48.2 Å². The van der Waals surface area contributed by atoms with Gasteiger partial charge in [-0.15, -0.1) is 36.6 Å². The van der Waals surface area contributed by atoms with E-state index in [0.717, 1.165) is 44.9 Å². The zero-order valence-electron chi connectivity index (χ0n) is 14.5. The summed E-state index contributed by atoms with van der Waals surface area (Å²) >= 11 is 1.94. The van der Waals surface area contributed by atoms with Crippen molar-refractivity contribution in [2.45, 2.75) is 18.1 Å². The first-order valence-corrected chi connectivity index (χ1v) is 9.75. The molecular formula is C18H27Cl2N3OS. The van der Waals surface area contributed by atoms with Crippen molar-refractivity contribution in [2.75, 3.05) is 38.5 Å². The third-order valence-electron chi connectivity index (χ3n) is 5.67. The van der Waals surface area contributed by atoms with Gasteiger partial charge in [-0.3, -0.25) is 9.79 Å². The van der Waals surface area contributed by atoms with Crippen molar-refractivity contribution in [1.82, 2.24) is 10.2 Å². The predicted octanol–water partition coefficient (Wildman–Crippen LogP) is 2.59. The Kier molecular flexibility index (Phi) is 7.05. The van der Waals surface area contributed by atoms with Crippen LogP contribution in [0.2, 0.25) is 0 Å². The number of hydrogen-bond acceptors (Lipinski definition) is 4. The smallest absolute Gasteiger partial charge is 0.226 e. The Labute approximate surface area is 166 Å². The summed E-state index contributed by atoms with van der Waals surface area (Å²) in [5.41, 5.74) is 1.18. The summed E-state index contributed by atoms with van der Waals surface area (Å²) in [5.74, 6) is 2.28. The highest BCUT2D eigenvalue weighted by molar-refractivity contribution is 8.02. The molecule has 3 heterocycles. The third-order valence-corrected chi connectivity index (χ3v) is 7.29. The number of nitrogens with zero attached hydrogens (tertiary/aromatic N) is 2. The lowest BCUT2D eigenvalue weighted by Gasteiger charge is -2.42. The molecule has 1 N–H and O–H groups in total. The van der Waals surface area contributed by atoms with Crippen LogP contribution in [-0.4, -0.2) is 59.7 Å². The maximum atomic E-state index is 13.2. The number of aliphatic imine (C=N–C) groups is 1. The Morgan fingerprint density at radius 1 is 1.32 bits per heavy atom. The molecule has 2 fully saturated rings. The van der Waals surface area contributed by atoms with Crippen LogP contribution in [0.1, 0.15) is 13.3 Å². The molecule has 3 aliphatic heterocycles. The summed E-state index contributed by atoms with van der Waals surface area (Å²) in [4.78, 5) is 20.1. The van der Waals surface area contributed by atoms with E-state index in [1.807, 2.05) is 11.8 Å². The van der Waals surface area contributed by atoms with Crippen LogP contribution in [-0.2, 0) is 4.79 Å².